The molecule has 3 heteroatoms. The number of hydrogen-bond donors (Lipinski definition) is 0. The number of aryl methyl sites for hydroxylation is 1. The molecule has 0 aliphatic heterocycles. The molecule has 3 aliphatic carbocycles. The molecular formula is C18H24O3. The van der Waals surface area contributed by atoms with Crippen LogP contribution in [-0.2, 0) is 19.7 Å². The summed E-state index contributed by atoms with van der Waals surface area (Å²) in [5, 5.41) is 0. The molecular weight excluding hydrogens is 264 g/mol. The van der Waals surface area contributed by atoms with Crippen molar-refractivity contribution in [3.05, 3.63) is 35.4 Å². The maximum Gasteiger partial charge on any atom is 0.303 e. The number of hydrogen-bond acceptors (Lipinski definition) is 3. The van der Waals surface area contributed by atoms with E-state index in [0.29, 0.717) is 0 Å². The fourth-order valence-corrected chi connectivity index (χ4v) is 4.22. The van der Waals surface area contributed by atoms with Crippen molar-refractivity contribution >= 4 is 5.97 Å². The third kappa shape index (κ3) is 2.38. The van der Waals surface area contributed by atoms with Crippen molar-refractivity contribution in [1.82, 2.24) is 0 Å². The Kier molecular flexibility index (Phi) is 3.56. The summed E-state index contributed by atoms with van der Waals surface area (Å²) < 4.78 is 11.4. The third-order valence-corrected chi connectivity index (χ3v) is 5.60. The van der Waals surface area contributed by atoms with E-state index < -0.39 is 0 Å². The van der Waals surface area contributed by atoms with E-state index >= 15 is 0 Å². The van der Waals surface area contributed by atoms with Crippen LogP contribution in [0.25, 0.3) is 0 Å². The minimum Gasteiger partial charge on any atom is -0.459 e. The van der Waals surface area contributed by atoms with Gasteiger partial charge in [0.1, 0.15) is 11.7 Å². The van der Waals surface area contributed by atoms with Gasteiger partial charge in [0.2, 0.25) is 0 Å². The summed E-state index contributed by atoms with van der Waals surface area (Å²) in [6.45, 7) is 3.60. The molecule has 1 aromatic rings. The van der Waals surface area contributed by atoms with Crippen LogP contribution < -0.4 is 0 Å². The quantitative estimate of drug-likeness (QED) is 0.798. The Bertz CT molecular complexity index is 524. The fraction of sp³-hybridized carbons (Fsp3) is 0.611. The first-order valence-electron chi connectivity index (χ1n) is 7.79. The van der Waals surface area contributed by atoms with Crippen LogP contribution in [0.2, 0.25) is 0 Å². The maximum absolute atomic E-state index is 11.5. The maximum atomic E-state index is 11.5. The summed E-state index contributed by atoms with van der Waals surface area (Å²) in [6, 6.07) is 8.84. The highest BCUT2D eigenvalue weighted by Crippen LogP contribution is 2.55. The zero-order chi connectivity index (χ0) is 15.1. The number of carbonyl (C=O) groups is 1. The number of fused-ring (bicyclic) bond motifs is 3. The summed E-state index contributed by atoms with van der Waals surface area (Å²) in [7, 11) is 1.75. The molecule has 0 N–H and O–H groups in total. The summed E-state index contributed by atoms with van der Waals surface area (Å²) in [5.74, 6) is -0.206. The highest BCUT2D eigenvalue weighted by Gasteiger charge is 2.57. The number of carbonyl (C=O) groups excluding carboxylic acids is 1. The van der Waals surface area contributed by atoms with Crippen molar-refractivity contribution in [3.63, 3.8) is 0 Å². The zero-order valence-corrected chi connectivity index (χ0v) is 13.1. The van der Waals surface area contributed by atoms with Crippen LogP contribution in [0.5, 0.6) is 0 Å². The van der Waals surface area contributed by atoms with E-state index in [-0.39, 0.29) is 23.1 Å². The summed E-state index contributed by atoms with van der Waals surface area (Å²) in [5.41, 5.74) is 2.55. The Labute approximate surface area is 126 Å². The predicted octanol–water partition coefficient (Wildman–Crippen LogP) is 3.53. The molecule has 0 radical (unpaired) electrons. The molecule has 0 amide bonds. The highest BCUT2D eigenvalue weighted by atomic mass is 16.6. The van der Waals surface area contributed by atoms with E-state index in [1.54, 1.807) is 7.11 Å². The van der Waals surface area contributed by atoms with E-state index in [9.17, 15) is 4.79 Å². The first kappa shape index (κ1) is 14.6. The van der Waals surface area contributed by atoms with Gasteiger partial charge in [0.25, 0.3) is 0 Å². The van der Waals surface area contributed by atoms with Gasteiger partial charge in [-0.3, -0.25) is 4.79 Å². The van der Waals surface area contributed by atoms with E-state index in [4.69, 9.17) is 9.47 Å². The lowest BCUT2D eigenvalue weighted by Gasteiger charge is -2.56. The van der Waals surface area contributed by atoms with Gasteiger partial charge in [0.05, 0.1) is 0 Å². The van der Waals surface area contributed by atoms with Crippen LogP contribution in [0.15, 0.2) is 24.3 Å². The Morgan fingerprint density at radius 1 is 1.14 bits per heavy atom. The second kappa shape index (κ2) is 5.13. The Balaban J connectivity index is 1.92. The largest absolute Gasteiger partial charge is 0.459 e. The number of methoxy groups -OCH3 is 1. The van der Waals surface area contributed by atoms with Gasteiger partial charge in [-0.1, -0.05) is 29.8 Å². The summed E-state index contributed by atoms with van der Waals surface area (Å²) >= 11 is 0. The second-order valence-electron chi connectivity index (χ2n) is 6.72. The van der Waals surface area contributed by atoms with Crippen LogP contribution in [0.4, 0.5) is 0 Å². The van der Waals surface area contributed by atoms with E-state index in [1.165, 1.54) is 18.1 Å². The molecule has 114 valence electrons. The van der Waals surface area contributed by atoms with Gasteiger partial charge in [-0.25, -0.2) is 0 Å². The molecule has 3 fully saturated rings. The fourth-order valence-electron chi connectivity index (χ4n) is 4.22. The topological polar surface area (TPSA) is 35.5 Å². The van der Waals surface area contributed by atoms with Crippen molar-refractivity contribution in [2.75, 3.05) is 7.11 Å². The molecule has 1 unspecified atom stereocenters. The average molecular weight is 288 g/mol. The van der Waals surface area contributed by atoms with Crippen LogP contribution in [0, 0.1) is 6.92 Å². The molecule has 0 heterocycles. The van der Waals surface area contributed by atoms with E-state index in [1.807, 2.05) is 0 Å². The van der Waals surface area contributed by atoms with Crippen molar-refractivity contribution in [3.8, 4) is 0 Å². The van der Waals surface area contributed by atoms with Crippen LogP contribution in [0.3, 0.4) is 0 Å². The second-order valence-corrected chi connectivity index (χ2v) is 6.72. The Hall–Kier alpha value is -1.35. The molecule has 0 saturated heterocycles. The minimum absolute atomic E-state index is 0.121. The van der Waals surface area contributed by atoms with Gasteiger partial charge < -0.3 is 9.47 Å². The van der Waals surface area contributed by atoms with E-state index in [2.05, 4.69) is 31.2 Å². The molecule has 3 saturated carbocycles. The summed E-state index contributed by atoms with van der Waals surface area (Å²) in [4.78, 5) is 11.5. The lowest BCUT2D eigenvalue weighted by Crippen LogP contribution is -2.59. The molecule has 3 nitrogen and oxygen atoms in total. The standard InChI is InChI=1S/C18H24O3/c1-13-4-6-15(7-5-13)17-8-10-18(20-3,11-9-17)16(12-17)21-14(2)19/h4-7,16H,8-12H2,1-3H3. The average Bonchev–Trinajstić information content (AvgIpc) is 2.48. The predicted molar refractivity (Wildman–Crippen MR) is 81.2 cm³/mol. The number of benzene rings is 1. The number of ether oxygens (including phenoxy) is 2. The molecule has 2 bridgehead atoms. The van der Waals surface area contributed by atoms with Crippen molar-refractivity contribution in [1.29, 1.82) is 0 Å². The molecule has 1 aromatic carbocycles. The lowest BCUT2D eigenvalue weighted by atomic mass is 9.55. The first-order valence-corrected chi connectivity index (χ1v) is 7.79. The monoisotopic (exact) mass is 288 g/mol. The van der Waals surface area contributed by atoms with Gasteiger partial charge in [-0.2, -0.15) is 0 Å². The van der Waals surface area contributed by atoms with E-state index in [0.717, 1.165) is 32.1 Å². The van der Waals surface area contributed by atoms with Crippen molar-refractivity contribution in [2.45, 2.75) is 63.1 Å². The van der Waals surface area contributed by atoms with Gasteiger partial charge in [0, 0.05) is 14.0 Å². The highest BCUT2D eigenvalue weighted by molar-refractivity contribution is 5.66. The van der Waals surface area contributed by atoms with Crippen LogP contribution >= 0.6 is 0 Å². The SMILES string of the molecule is COC12CCC(c3ccc(C)cc3)(CC1)CC2OC(C)=O. The molecule has 0 aromatic heterocycles. The number of esters is 1. The first-order chi connectivity index (χ1) is 10.00. The van der Waals surface area contributed by atoms with Gasteiger partial charge in [-0.15, -0.1) is 0 Å². The molecule has 0 spiro atoms. The summed E-state index contributed by atoms with van der Waals surface area (Å²) in [6.07, 6.45) is 4.92. The lowest BCUT2D eigenvalue weighted by molar-refractivity contribution is -0.198. The zero-order valence-electron chi connectivity index (χ0n) is 13.1. The van der Waals surface area contributed by atoms with Gasteiger partial charge in [0.15, 0.2) is 0 Å². The number of rotatable bonds is 3. The minimum atomic E-state index is -0.266. The van der Waals surface area contributed by atoms with Crippen LogP contribution in [0.1, 0.15) is 50.2 Å². The smallest absolute Gasteiger partial charge is 0.303 e. The molecule has 4 rings (SSSR count). The Morgan fingerprint density at radius 2 is 1.76 bits per heavy atom. The third-order valence-electron chi connectivity index (χ3n) is 5.60. The normalized spacial score (nSPS) is 34.7. The van der Waals surface area contributed by atoms with Crippen molar-refractivity contribution < 1.29 is 14.3 Å². The molecule has 3 aliphatic rings. The molecule has 21 heavy (non-hydrogen) atoms. The van der Waals surface area contributed by atoms with Crippen LogP contribution in [-0.4, -0.2) is 24.8 Å². The molecule has 1 atom stereocenters. The van der Waals surface area contributed by atoms with Gasteiger partial charge >= 0.3 is 5.97 Å². The Morgan fingerprint density at radius 3 is 2.29 bits per heavy atom. The van der Waals surface area contributed by atoms with Gasteiger partial charge in [-0.05, 0) is 50.0 Å². The van der Waals surface area contributed by atoms with Crippen molar-refractivity contribution in [2.24, 2.45) is 0 Å².